The van der Waals surface area contributed by atoms with Crippen LogP contribution in [0.5, 0.6) is 0 Å². The summed E-state index contributed by atoms with van der Waals surface area (Å²) in [5.74, 6) is 2.95. The summed E-state index contributed by atoms with van der Waals surface area (Å²) >= 11 is 1.61. The number of nitrogens with one attached hydrogen (secondary N) is 1. The first-order valence-electron chi connectivity index (χ1n) is 7.84. The third-order valence-electron chi connectivity index (χ3n) is 4.29. The van der Waals surface area contributed by atoms with Gasteiger partial charge in [-0.2, -0.15) is 0 Å². The van der Waals surface area contributed by atoms with E-state index in [1.165, 1.54) is 12.8 Å². The van der Waals surface area contributed by atoms with Crippen molar-refractivity contribution in [3.8, 4) is 0 Å². The standard InChI is InChI=1S/C15H20N6S.2ClH/c1-8-20-21-14(22-8)7-17-13-6-12(10-4-11(16)5-10)18-15(19-13)9-2-3-9;;/h6,9-11H,2-5,7,16H2,1H3,(H,17,18,19);2*1H. The highest BCUT2D eigenvalue weighted by atomic mass is 35.5. The van der Waals surface area contributed by atoms with E-state index in [9.17, 15) is 0 Å². The number of anilines is 1. The lowest BCUT2D eigenvalue weighted by Gasteiger charge is -2.32. The van der Waals surface area contributed by atoms with Crippen molar-refractivity contribution in [1.82, 2.24) is 20.2 Å². The Morgan fingerprint density at radius 3 is 2.50 bits per heavy atom. The predicted octanol–water partition coefficient (Wildman–Crippen LogP) is 3.17. The van der Waals surface area contributed by atoms with Gasteiger partial charge in [0.05, 0.1) is 6.54 Å². The number of aryl methyl sites for hydroxylation is 1. The zero-order valence-electron chi connectivity index (χ0n) is 13.4. The van der Waals surface area contributed by atoms with Crippen LogP contribution in [0.15, 0.2) is 6.07 Å². The molecule has 3 N–H and O–H groups in total. The maximum atomic E-state index is 5.92. The van der Waals surface area contributed by atoms with Crippen molar-refractivity contribution in [1.29, 1.82) is 0 Å². The van der Waals surface area contributed by atoms with Crippen LogP contribution in [0, 0.1) is 6.92 Å². The fourth-order valence-electron chi connectivity index (χ4n) is 2.79. The minimum Gasteiger partial charge on any atom is -0.363 e. The number of aromatic nitrogens is 4. The smallest absolute Gasteiger partial charge is 0.136 e. The average Bonchev–Trinajstić information content (AvgIpc) is 3.24. The summed E-state index contributed by atoms with van der Waals surface area (Å²) in [5.41, 5.74) is 7.07. The molecule has 0 aromatic carbocycles. The van der Waals surface area contributed by atoms with Gasteiger partial charge in [-0.25, -0.2) is 9.97 Å². The molecule has 4 rings (SSSR count). The molecule has 2 saturated carbocycles. The van der Waals surface area contributed by atoms with Gasteiger partial charge in [-0.15, -0.1) is 35.0 Å². The molecule has 24 heavy (non-hydrogen) atoms. The van der Waals surface area contributed by atoms with Crippen LogP contribution < -0.4 is 11.1 Å². The zero-order valence-corrected chi connectivity index (χ0v) is 15.9. The van der Waals surface area contributed by atoms with Gasteiger partial charge < -0.3 is 11.1 Å². The van der Waals surface area contributed by atoms with Gasteiger partial charge in [-0.1, -0.05) is 11.3 Å². The molecule has 0 atom stereocenters. The van der Waals surface area contributed by atoms with Gasteiger partial charge >= 0.3 is 0 Å². The summed E-state index contributed by atoms with van der Waals surface area (Å²) in [6, 6.07) is 2.42. The Bertz CT molecular complexity index is 684. The molecule has 0 saturated heterocycles. The number of hydrogen-bond acceptors (Lipinski definition) is 7. The molecule has 2 aromatic rings. The normalized spacial score (nSPS) is 22.1. The lowest BCUT2D eigenvalue weighted by atomic mass is 9.78. The topological polar surface area (TPSA) is 89.6 Å². The van der Waals surface area contributed by atoms with Crippen molar-refractivity contribution < 1.29 is 0 Å². The molecule has 0 unspecified atom stereocenters. The van der Waals surface area contributed by atoms with E-state index in [1.54, 1.807) is 11.3 Å². The van der Waals surface area contributed by atoms with Crippen LogP contribution in [-0.4, -0.2) is 26.2 Å². The van der Waals surface area contributed by atoms with Crippen molar-refractivity contribution in [3.05, 3.63) is 27.6 Å². The second kappa shape index (κ2) is 7.91. The third-order valence-corrected chi connectivity index (χ3v) is 5.13. The molecule has 2 aliphatic carbocycles. The molecule has 0 amide bonds. The molecule has 2 heterocycles. The van der Waals surface area contributed by atoms with Crippen LogP contribution in [0.3, 0.4) is 0 Å². The van der Waals surface area contributed by atoms with Crippen molar-refractivity contribution in [2.45, 2.75) is 57.0 Å². The summed E-state index contributed by atoms with van der Waals surface area (Å²) in [7, 11) is 0. The monoisotopic (exact) mass is 388 g/mol. The number of rotatable bonds is 5. The Morgan fingerprint density at radius 1 is 1.17 bits per heavy atom. The van der Waals surface area contributed by atoms with Crippen LogP contribution in [-0.2, 0) is 6.54 Å². The molecule has 2 aromatic heterocycles. The SMILES string of the molecule is Cc1nnc(CNc2cc(C3CC(N)C3)nc(C3CC3)n2)s1.Cl.Cl. The van der Waals surface area contributed by atoms with E-state index < -0.39 is 0 Å². The van der Waals surface area contributed by atoms with E-state index in [4.69, 9.17) is 10.7 Å². The number of nitrogens with two attached hydrogens (primary N) is 1. The number of halogens is 2. The van der Waals surface area contributed by atoms with Gasteiger partial charge in [0, 0.05) is 29.6 Å². The van der Waals surface area contributed by atoms with E-state index >= 15 is 0 Å². The van der Waals surface area contributed by atoms with Gasteiger partial charge in [-0.3, -0.25) is 0 Å². The van der Waals surface area contributed by atoms with Crippen molar-refractivity contribution in [2.75, 3.05) is 5.32 Å². The second-order valence-electron chi connectivity index (χ2n) is 6.31. The highest BCUT2D eigenvalue weighted by molar-refractivity contribution is 7.11. The minimum atomic E-state index is 0. The van der Waals surface area contributed by atoms with Crippen molar-refractivity contribution >= 4 is 42.0 Å². The lowest BCUT2D eigenvalue weighted by Crippen LogP contribution is -2.35. The Balaban J connectivity index is 0.00000104. The van der Waals surface area contributed by atoms with Crippen molar-refractivity contribution in [3.63, 3.8) is 0 Å². The fraction of sp³-hybridized carbons (Fsp3) is 0.600. The summed E-state index contributed by atoms with van der Waals surface area (Å²) in [6.45, 7) is 2.63. The Labute approximate surface area is 157 Å². The van der Waals surface area contributed by atoms with Crippen molar-refractivity contribution in [2.24, 2.45) is 5.73 Å². The van der Waals surface area contributed by atoms with Gasteiger partial charge in [0.1, 0.15) is 21.7 Å². The molecule has 9 heteroatoms. The van der Waals surface area contributed by atoms with Crippen LogP contribution in [0.1, 0.15) is 59.1 Å². The first-order chi connectivity index (χ1) is 10.7. The maximum Gasteiger partial charge on any atom is 0.136 e. The van der Waals surface area contributed by atoms with Gasteiger partial charge in [0.25, 0.3) is 0 Å². The first-order valence-corrected chi connectivity index (χ1v) is 8.66. The molecule has 6 nitrogen and oxygen atoms in total. The maximum absolute atomic E-state index is 5.92. The number of hydrogen-bond donors (Lipinski definition) is 2. The van der Waals surface area contributed by atoms with Gasteiger partial charge in [0.15, 0.2) is 0 Å². The quantitative estimate of drug-likeness (QED) is 0.817. The Kier molecular flexibility index (Phi) is 6.36. The van der Waals surface area contributed by atoms with Crippen LogP contribution in [0.2, 0.25) is 0 Å². The minimum absolute atomic E-state index is 0. The molecular formula is C15H22Cl2N6S. The highest BCUT2D eigenvalue weighted by Gasteiger charge is 2.32. The molecule has 2 aliphatic rings. The fourth-order valence-corrected chi connectivity index (χ4v) is 3.44. The second-order valence-corrected chi connectivity index (χ2v) is 7.57. The molecule has 0 bridgehead atoms. The van der Waals surface area contributed by atoms with Gasteiger partial charge in [0.2, 0.25) is 0 Å². The highest BCUT2D eigenvalue weighted by Crippen LogP contribution is 2.41. The zero-order chi connectivity index (χ0) is 15.1. The Hall–Kier alpha value is -1.02. The van der Waals surface area contributed by atoms with E-state index in [-0.39, 0.29) is 24.8 Å². The lowest BCUT2D eigenvalue weighted by molar-refractivity contribution is 0.344. The third kappa shape index (κ3) is 4.33. The van der Waals surface area contributed by atoms with Gasteiger partial charge in [-0.05, 0) is 32.6 Å². The molecular weight excluding hydrogens is 367 g/mol. The summed E-state index contributed by atoms with van der Waals surface area (Å²) in [5, 5.41) is 13.5. The molecule has 0 radical (unpaired) electrons. The van der Waals surface area contributed by atoms with E-state index in [2.05, 4.69) is 26.6 Å². The first kappa shape index (κ1) is 19.3. The molecule has 2 fully saturated rings. The molecule has 0 aliphatic heterocycles. The summed E-state index contributed by atoms with van der Waals surface area (Å²) < 4.78 is 0. The molecule has 0 spiro atoms. The predicted molar refractivity (Wildman–Crippen MR) is 100 cm³/mol. The largest absolute Gasteiger partial charge is 0.363 e. The van der Waals surface area contributed by atoms with E-state index in [0.717, 1.165) is 40.2 Å². The van der Waals surface area contributed by atoms with E-state index in [0.29, 0.717) is 24.4 Å². The van der Waals surface area contributed by atoms with Crippen LogP contribution in [0.25, 0.3) is 0 Å². The summed E-state index contributed by atoms with van der Waals surface area (Å²) in [6.07, 6.45) is 4.50. The Morgan fingerprint density at radius 2 is 1.92 bits per heavy atom. The number of nitrogens with zero attached hydrogens (tertiary/aromatic N) is 4. The van der Waals surface area contributed by atoms with Crippen LogP contribution >= 0.6 is 36.2 Å². The van der Waals surface area contributed by atoms with Crippen LogP contribution in [0.4, 0.5) is 5.82 Å². The van der Waals surface area contributed by atoms with E-state index in [1.807, 2.05) is 6.92 Å². The average molecular weight is 389 g/mol. The molecule has 132 valence electrons. The summed E-state index contributed by atoms with van der Waals surface area (Å²) in [4.78, 5) is 9.46.